The van der Waals surface area contributed by atoms with E-state index in [4.69, 9.17) is 14.2 Å². The minimum Gasteiger partial charge on any atom is -0.497 e. The van der Waals surface area contributed by atoms with Crippen LogP contribution in [0.15, 0.2) is 47.4 Å². The highest BCUT2D eigenvalue weighted by Gasteiger charge is 2.50. The lowest BCUT2D eigenvalue weighted by Gasteiger charge is -2.41. The molecule has 0 amide bonds. The Morgan fingerprint density at radius 1 is 1.08 bits per heavy atom. The van der Waals surface area contributed by atoms with Crippen molar-refractivity contribution in [2.75, 3.05) is 21.3 Å². The molecule has 5 nitrogen and oxygen atoms in total. The summed E-state index contributed by atoms with van der Waals surface area (Å²) in [6.45, 7) is 6.31. The number of benzene rings is 1. The number of ether oxygens (including phenoxy) is 3. The van der Waals surface area contributed by atoms with E-state index in [1.165, 1.54) is 27.4 Å². The monoisotopic (exact) mass is 374 g/mol. The van der Waals surface area contributed by atoms with Crippen molar-refractivity contribution in [3.05, 3.63) is 52.9 Å². The molecule has 6 heteroatoms. The molecule has 0 radical (unpaired) electrons. The molecule has 26 heavy (non-hydrogen) atoms. The first-order valence-corrected chi connectivity index (χ1v) is 11.9. The van der Waals surface area contributed by atoms with Gasteiger partial charge in [-0.2, -0.15) is 0 Å². The zero-order chi connectivity index (χ0) is 19.5. The Balaban J connectivity index is 2.89. The Labute approximate surface area is 155 Å². The number of methoxy groups -OCH3 is 3. The van der Waals surface area contributed by atoms with Crippen molar-refractivity contribution in [3.63, 3.8) is 0 Å². The van der Waals surface area contributed by atoms with Crippen molar-refractivity contribution in [2.24, 2.45) is 0 Å². The van der Waals surface area contributed by atoms with Crippen molar-refractivity contribution in [3.8, 4) is 0 Å². The fourth-order valence-corrected chi connectivity index (χ4v) is 5.34. The van der Waals surface area contributed by atoms with Gasteiger partial charge < -0.3 is 14.2 Å². The molecule has 2 rings (SSSR count). The van der Waals surface area contributed by atoms with E-state index < -0.39 is 19.6 Å². The molecular formula is C20H26O5Si. The third-order valence-electron chi connectivity index (χ3n) is 4.56. The third-order valence-corrected chi connectivity index (χ3v) is 6.56. The van der Waals surface area contributed by atoms with Gasteiger partial charge in [-0.1, -0.05) is 50.0 Å². The number of hydrogen-bond acceptors (Lipinski definition) is 5. The first kappa shape index (κ1) is 20.1. The summed E-state index contributed by atoms with van der Waals surface area (Å²) in [5.74, 6) is -0.207. The van der Waals surface area contributed by atoms with E-state index in [0.29, 0.717) is 11.3 Å². The van der Waals surface area contributed by atoms with Gasteiger partial charge in [0.25, 0.3) is 0 Å². The fraction of sp³-hybridized carbons (Fsp3) is 0.400. The fourth-order valence-electron chi connectivity index (χ4n) is 3.43. The second-order valence-electron chi connectivity index (χ2n) is 7.23. The summed E-state index contributed by atoms with van der Waals surface area (Å²) < 4.78 is 16.3. The zero-order valence-electron chi connectivity index (χ0n) is 16.2. The van der Waals surface area contributed by atoms with Gasteiger partial charge in [0.15, 0.2) is 11.4 Å². The van der Waals surface area contributed by atoms with E-state index in [2.05, 4.69) is 19.6 Å². The van der Waals surface area contributed by atoms with Gasteiger partial charge in [0.05, 0.1) is 28.7 Å². The van der Waals surface area contributed by atoms with Crippen LogP contribution in [0.1, 0.15) is 12.0 Å². The smallest absolute Gasteiger partial charge is 0.309 e. The molecule has 1 atom stereocenters. The predicted octanol–water partition coefficient (Wildman–Crippen LogP) is 3.38. The Hall–Kier alpha value is -2.18. The number of carbonyl (C=O) groups is 2. The lowest BCUT2D eigenvalue weighted by Crippen LogP contribution is -2.46. The lowest BCUT2D eigenvalue weighted by molar-refractivity contribution is -0.145. The molecule has 1 aliphatic rings. The van der Waals surface area contributed by atoms with Crippen LogP contribution >= 0.6 is 0 Å². The molecule has 0 heterocycles. The lowest BCUT2D eigenvalue weighted by atomic mass is 9.79. The van der Waals surface area contributed by atoms with Crippen LogP contribution in [0, 0.1) is 0 Å². The van der Waals surface area contributed by atoms with Crippen LogP contribution in [0.2, 0.25) is 19.6 Å². The van der Waals surface area contributed by atoms with Gasteiger partial charge in [0.1, 0.15) is 5.76 Å². The number of carbonyl (C=O) groups excluding carboxylic acids is 2. The summed E-state index contributed by atoms with van der Waals surface area (Å²) in [6, 6.07) is 9.56. The number of ketones is 1. The van der Waals surface area contributed by atoms with Crippen molar-refractivity contribution < 1.29 is 23.8 Å². The standard InChI is InChI=1S/C20H26O5Si/c1-23-16-12-15(21)19(26(4,5)6)18(14-10-8-7-9-11-14)20(16,25-3)13-17(22)24-2/h7-12H,13H2,1-6H3. The normalized spacial score (nSPS) is 20.7. The highest BCUT2D eigenvalue weighted by molar-refractivity contribution is 6.88. The topological polar surface area (TPSA) is 61.8 Å². The molecule has 1 aromatic carbocycles. The Morgan fingerprint density at radius 2 is 1.69 bits per heavy atom. The van der Waals surface area contributed by atoms with Gasteiger partial charge in [0, 0.05) is 18.8 Å². The average molecular weight is 375 g/mol. The molecule has 0 aliphatic heterocycles. The van der Waals surface area contributed by atoms with Crippen LogP contribution in [0.4, 0.5) is 0 Å². The molecule has 0 N–H and O–H groups in total. The van der Waals surface area contributed by atoms with Gasteiger partial charge >= 0.3 is 5.97 Å². The highest BCUT2D eigenvalue weighted by Crippen LogP contribution is 2.46. The van der Waals surface area contributed by atoms with E-state index in [0.717, 1.165) is 10.8 Å². The quantitative estimate of drug-likeness (QED) is 0.564. The van der Waals surface area contributed by atoms with Crippen molar-refractivity contribution in [2.45, 2.75) is 31.7 Å². The molecule has 0 aromatic heterocycles. The first-order chi connectivity index (χ1) is 12.2. The van der Waals surface area contributed by atoms with Crippen LogP contribution in [-0.4, -0.2) is 46.8 Å². The van der Waals surface area contributed by atoms with Crippen LogP contribution in [0.5, 0.6) is 0 Å². The van der Waals surface area contributed by atoms with Gasteiger partial charge in [-0.15, -0.1) is 0 Å². The van der Waals surface area contributed by atoms with Crippen molar-refractivity contribution >= 4 is 25.4 Å². The van der Waals surface area contributed by atoms with E-state index >= 15 is 0 Å². The van der Waals surface area contributed by atoms with Crippen LogP contribution in [-0.2, 0) is 23.8 Å². The maximum absolute atomic E-state index is 13.0. The SMILES string of the molecule is COC(=O)CC1(OC)C(OC)=CC(=O)C([Si](C)(C)C)=C1c1ccccc1. The molecule has 1 aromatic rings. The van der Waals surface area contributed by atoms with E-state index in [9.17, 15) is 9.59 Å². The van der Waals surface area contributed by atoms with Crippen molar-refractivity contribution in [1.82, 2.24) is 0 Å². The number of rotatable bonds is 6. The summed E-state index contributed by atoms with van der Waals surface area (Å²) in [5.41, 5.74) is 0.341. The minimum absolute atomic E-state index is 0.0782. The molecule has 0 bridgehead atoms. The Kier molecular flexibility index (Phi) is 5.88. The van der Waals surface area contributed by atoms with Crippen molar-refractivity contribution in [1.29, 1.82) is 0 Å². The van der Waals surface area contributed by atoms with Gasteiger partial charge in [-0.05, 0) is 10.8 Å². The van der Waals surface area contributed by atoms with Crippen LogP contribution in [0.3, 0.4) is 0 Å². The van der Waals surface area contributed by atoms with E-state index in [-0.39, 0.29) is 12.2 Å². The van der Waals surface area contributed by atoms with E-state index in [1.54, 1.807) is 0 Å². The van der Waals surface area contributed by atoms with Gasteiger partial charge in [-0.3, -0.25) is 9.59 Å². The second-order valence-corrected chi connectivity index (χ2v) is 12.2. The average Bonchev–Trinajstić information content (AvgIpc) is 2.61. The number of esters is 1. The van der Waals surface area contributed by atoms with Gasteiger partial charge in [0.2, 0.25) is 0 Å². The molecular weight excluding hydrogens is 348 g/mol. The maximum Gasteiger partial charge on any atom is 0.309 e. The summed E-state index contributed by atoms with van der Waals surface area (Å²) in [6.07, 6.45) is 1.37. The third kappa shape index (κ3) is 3.52. The molecule has 1 aliphatic carbocycles. The Bertz CT molecular complexity index is 758. The maximum atomic E-state index is 13.0. The Morgan fingerprint density at radius 3 is 2.15 bits per heavy atom. The highest BCUT2D eigenvalue weighted by atomic mass is 28.3. The summed E-state index contributed by atoms with van der Waals surface area (Å²) >= 11 is 0. The molecule has 0 saturated heterocycles. The summed E-state index contributed by atoms with van der Waals surface area (Å²) in [4.78, 5) is 25.2. The predicted molar refractivity (Wildman–Crippen MR) is 103 cm³/mol. The van der Waals surface area contributed by atoms with E-state index in [1.807, 2.05) is 30.3 Å². The first-order valence-electron chi connectivity index (χ1n) is 8.44. The molecule has 0 fully saturated rings. The van der Waals surface area contributed by atoms with Crippen LogP contribution < -0.4 is 0 Å². The number of hydrogen-bond donors (Lipinski definition) is 0. The molecule has 0 spiro atoms. The molecule has 0 saturated carbocycles. The largest absolute Gasteiger partial charge is 0.497 e. The second kappa shape index (κ2) is 7.59. The zero-order valence-corrected chi connectivity index (χ0v) is 17.2. The summed E-state index contributed by atoms with van der Waals surface area (Å²) in [5, 5.41) is 0.732. The van der Waals surface area contributed by atoms with Gasteiger partial charge in [-0.25, -0.2) is 0 Å². The van der Waals surface area contributed by atoms with Crippen LogP contribution in [0.25, 0.3) is 5.57 Å². The minimum atomic E-state index is -2.08. The molecule has 1 unspecified atom stereocenters. The summed E-state index contributed by atoms with van der Waals surface area (Å²) in [7, 11) is 2.26. The number of allylic oxidation sites excluding steroid dienone is 2. The molecule has 140 valence electrons.